The molecule has 0 amide bonds. The van der Waals surface area contributed by atoms with E-state index in [0.29, 0.717) is 38.8 Å². The molecule has 9 nitrogen and oxygen atoms in total. The molecule has 0 aromatic rings. The van der Waals surface area contributed by atoms with Crippen molar-refractivity contribution in [2.24, 2.45) is 34.5 Å². The van der Waals surface area contributed by atoms with E-state index in [0.717, 1.165) is 0 Å². The summed E-state index contributed by atoms with van der Waals surface area (Å²) in [6.45, 7) is 4.48. The molecule has 7 bridgehead atoms. The van der Waals surface area contributed by atoms with Crippen LogP contribution in [-0.2, 0) is 19.0 Å². The molecule has 9 heteroatoms. The predicted octanol–water partition coefficient (Wildman–Crippen LogP) is -0.466. The first kappa shape index (κ1) is 23.6. The zero-order valence-corrected chi connectivity index (χ0v) is 20.5. The van der Waals surface area contributed by atoms with Gasteiger partial charge >= 0.3 is 5.97 Å². The summed E-state index contributed by atoms with van der Waals surface area (Å²) < 4.78 is 18.2. The Morgan fingerprint density at radius 1 is 1.24 bits per heavy atom. The molecular weight excluding hydrogens is 442 g/mol. The number of aliphatic hydroxyl groups excluding tert-OH is 3. The zero-order chi connectivity index (χ0) is 24.4. The highest BCUT2D eigenvalue weighted by Crippen LogP contribution is 2.80. The Bertz CT molecular complexity index is 887. The molecule has 0 radical (unpaired) electrons. The lowest BCUT2D eigenvalue weighted by molar-refractivity contribution is -0.323. The fourth-order valence-corrected chi connectivity index (χ4v) is 10.8. The van der Waals surface area contributed by atoms with Crippen molar-refractivity contribution in [3.05, 3.63) is 0 Å². The number of nitrogens with zero attached hydrogens (tertiary/aromatic N) is 1. The van der Waals surface area contributed by atoms with E-state index in [1.807, 2.05) is 6.92 Å². The van der Waals surface area contributed by atoms with Crippen molar-refractivity contribution in [1.82, 2.24) is 4.90 Å². The summed E-state index contributed by atoms with van der Waals surface area (Å²) in [7, 11) is 3.19. The molecule has 192 valence electrons. The average molecular weight is 482 g/mol. The number of esters is 1. The number of methoxy groups -OCH3 is 2. The van der Waals surface area contributed by atoms with Crippen molar-refractivity contribution >= 4 is 5.97 Å². The van der Waals surface area contributed by atoms with Gasteiger partial charge < -0.3 is 34.6 Å². The van der Waals surface area contributed by atoms with Crippen LogP contribution in [0.5, 0.6) is 0 Å². The standard InChI is InChI=1S/C25H39NO8/c1-5-26-10-22(11-27)7-6-16(29)24-14-8-13-15(32-3)9-23(33-4,17(14)18(13)34-12(2)28)25(31,21(24)26)20(30)19(22)24/h13-21,27,29-31H,5-11H2,1-4H3/t13-,14-,15+,16+,17-,18+,19-,20-,21?,22+,23-,24+,25-/m1/s1. The molecule has 6 fully saturated rings. The minimum atomic E-state index is -1.73. The van der Waals surface area contributed by atoms with E-state index in [4.69, 9.17) is 14.2 Å². The lowest BCUT2D eigenvalue weighted by Gasteiger charge is -2.70. The van der Waals surface area contributed by atoms with Gasteiger partial charge in [-0.2, -0.15) is 0 Å². The smallest absolute Gasteiger partial charge is 0.302 e. The molecule has 4 N–H and O–H groups in total. The number of likely N-dealkylation sites (tertiary alicyclic amines) is 1. The number of ether oxygens (including phenoxy) is 3. The second-order valence-electron chi connectivity index (χ2n) is 12.0. The Labute approximate surface area is 200 Å². The number of carbonyl (C=O) groups is 1. The second-order valence-corrected chi connectivity index (χ2v) is 12.0. The van der Waals surface area contributed by atoms with Gasteiger partial charge in [-0.1, -0.05) is 6.92 Å². The van der Waals surface area contributed by atoms with Crippen LogP contribution in [0.15, 0.2) is 0 Å². The third-order valence-electron chi connectivity index (χ3n) is 11.5. The normalized spacial score (nSPS) is 59.2. The summed E-state index contributed by atoms with van der Waals surface area (Å²) in [6.07, 6.45) is -0.698. The van der Waals surface area contributed by atoms with Crippen LogP contribution in [0.2, 0.25) is 0 Å². The number of carbonyl (C=O) groups excluding carboxylic acids is 1. The summed E-state index contributed by atoms with van der Waals surface area (Å²) >= 11 is 0. The quantitative estimate of drug-likeness (QED) is 0.385. The average Bonchev–Trinajstić information content (AvgIpc) is 3.18. The Morgan fingerprint density at radius 2 is 1.97 bits per heavy atom. The Hall–Kier alpha value is -0.810. The first-order chi connectivity index (χ1) is 16.1. The minimum absolute atomic E-state index is 0.0879. The number of rotatable bonds is 5. The predicted molar refractivity (Wildman–Crippen MR) is 118 cm³/mol. The summed E-state index contributed by atoms with van der Waals surface area (Å²) in [5, 5.41) is 47.6. The van der Waals surface area contributed by atoms with Gasteiger partial charge in [0.05, 0.1) is 31.0 Å². The molecule has 1 saturated heterocycles. The molecule has 34 heavy (non-hydrogen) atoms. The van der Waals surface area contributed by atoms with Crippen LogP contribution in [0.1, 0.15) is 39.5 Å². The minimum Gasteiger partial charge on any atom is -0.462 e. The molecule has 5 saturated carbocycles. The molecular formula is C25H39NO8. The highest BCUT2D eigenvalue weighted by molar-refractivity contribution is 5.66. The number of piperidine rings is 1. The van der Waals surface area contributed by atoms with Crippen molar-refractivity contribution in [2.45, 2.75) is 81.2 Å². The van der Waals surface area contributed by atoms with Gasteiger partial charge in [-0.15, -0.1) is 0 Å². The van der Waals surface area contributed by atoms with Crippen LogP contribution in [0.25, 0.3) is 0 Å². The first-order valence-electron chi connectivity index (χ1n) is 12.8. The maximum Gasteiger partial charge on any atom is 0.302 e. The van der Waals surface area contributed by atoms with E-state index in [-0.39, 0.29) is 30.5 Å². The Kier molecular flexibility index (Phi) is 4.96. The third kappa shape index (κ3) is 2.18. The van der Waals surface area contributed by atoms with Crippen LogP contribution >= 0.6 is 0 Å². The van der Waals surface area contributed by atoms with Gasteiger partial charge in [0, 0.05) is 62.7 Å². The molecule has 6 rings (SSSR count). The zero-order valence-electron chi connectivity index (χ0n) is 20.5. The van der Waals surface area contributed by atoms with Gasteiger partial charge in [-0.25, -0.2) is 0 Å². The van der Waals surface area contributed by atoms with Crippen LogP contribution in [-0.4, -0.2) is 107 Å². The van der Waals surface area contributed by atoms with Crippen molar-refractivity contribution in [3.8, 4) is 0 Å². The summed E-state index contributed by atoms with van der Waals surface area (Å²) in [6, 6.07) is -0.534. The van der Waals surface area contributed by atoms with E-state index in [1.54, 1.807) is 14.2 Å². The van der Waals surface area contributed by atoms with E-state index >= 15 is 0 Å². The number of likely N-dealkylation sites (N-methyl/N-ethyl adjacent to an activating group) is 1. The van der Waals surface area contributed by atoms with E-state index in [9.17, 15) is 25.2 Å². The second kappa shape index (κ2) is 7.15. The third-order valence-corrected chi connectivity index (χ3v) is 11.5. The maximum absolute atomic E-state index is 12.9. The molecule has 1 aliphatic heterocycles. The number of fused-ring (bicyclic) bond motifs is 2. The van der Waals surface area contributed by atoms with Crippen LogP contribution < -0.4 is 0 Å². The van der Waals surface area contributed by atoms with Gasteiger partial charge in [-0.3, -0.25) is 9.69 Å². The van der Waals surface area contributed by atoms with Crippen LogP contribution in [0.3, 0.4) is 0 Å². The van der Waals surface area contributed by atoms with Crippen molar-refractivity contribution < 1.29 is 39.4 Å². The molecule has 1 spiro atoms. The molecule has 5 aliphatic carbocycles. The van der Waals surface area contributed by atoms with Gasteiger partial charge in [0.15, 0.2) is 0 Å². The Morgan fingerprint density at radius 3 is 2.56 bits per heavy atom. The molecule has 6 aliphatic rings. The number of hydrogen-bond acceptors (Lipinski definition) is 9. The van der Waals surface area contributed by atoms with Gasteiger partial charge in [0.25, 0.3) is 0 Å². The lowest BCUT2D eigenvalue weighted by Crippen LogP contribution is -2.82. The lowest BCUT2D eigenvalue weighted by atomic mass is 9.42. The highest BCUT2D eigenvalue weighted by Gasteiger charge is 2.91. The van der Waals surface area contributed by atoms with Crippen LogP contribution in [0, 0.1) is 34.5 Å². The van der Waals surface area contributed by atoms with E-state index < -0.39 is 58.3 Å². The fraction of sp³-hybridized carbons (Fsp3) is 0.960. The van der Waals surface area contributed by atoms with Crippen LogP contribution in [0.4, 0.5) is 0 Å². The van der Waals surface area contributed by atoms with Gasteiger partial charge in [0.1, 0.15) is 17.3 Å². The number of aliphatic hydroxyl groups is 4. The number of hydrogen-bond donors (Lipinski definition) is 4. The summed E-state index contributed by atoms with van der Waals surface area (Å²) in [5.41, 5.74) is -4.42. The molecule has 0 aromatic heterocycles. The monoisotopic (exact) mass is 481 g/mol. The summed E-state index contributed by atoms with van der Waals surface area (Å²) in [4.78, 5) is 14.4. The molecule has 1 unspecified atom stereocenters. The fourth-order valence-electron chi connectivity index (χ4n) is 10.8. The van der Waals surface area contributed by atoms with Crippen molar-refractivity contribution in [3.63, 3.8) is 0 Å². The molecule has 0 aromatic carbocycles. The highest BCUT2D eigenvalue weighted by atomic mass is 16.6. The van der Waals surface area contributed by atoms with E-state index in [2.05, 4.69) is 4.90 Å². The molecule has 1 heterocycles. The summed E-state index contributed by atoms with van der Waals surface area (Å²) in [5.74, 6) is -1.52. The SMILES string of the molecule is CCN1C[C@]2(CO)CC[C@H](O)[C@]34C1[C@](O)([C@H](O)[C@H]23)[C@@]1(OC)C[C@H](OC)[C@H]2C[C@@H]4[C@@H]1[C@H]2OC(C)=O. The van der Waals surface area contributed by atoms with E-state index in [1.165, 1.54) is 6.92 Å². The largest absolute Gasteiger partial charge is 0.462 e. The van der Waals surface area contributed by atoms with Crippen molar-refractivity contribution in [2.75, 3.05) is 33.9 Å². The van der Waals surface area contributed by atoms with Crippen molar-refractivity contribution in [1.29, 1.82) is 0 Å². The molecule has 13 atom stereocenters. The first-order valence-corrected chi connectivity index (χ1v) is 12.8. The Balaban J connectivity index is 1.66. The van der Waals surface area contributed by atoms with Gasteiger partial charge in [0.2, 0.25) is 0 Å². The van der Waals surface area contributed by atoms with Gasteiger partial charge in [-0.05, 0) is 31.7 Å². The maximum atomic E-state index is 12.9. The topological polar surface area (TPSA) is 129 Å².